The van der Waals surface area contributed by atoms with E-state index in [4.69, 9.17) is 5.11 Å². The number of carboxylic acids is 1. The van der Waals surface area contributed by atoms with E-state index in [1.807, 2.05) is 6.92 Å². The molecule has 1 aliphatic rings. The molecule has 0 aromatic carbocycles. The summed E-state index contributed by atoms with van der Waals surface area (Å²) >= 11 is 0. The van der Waals surface area contributed by atoms with Crippen LogP contribution in [-0.2, 0) is 9.59 Å². The van der Waals surface area contributed by atoms with Crippen molar-refractivity contribution >= 4 is 11.9 Å². The average Bonchev–Trinajstić information content (AvgIpc) is 2.26. The Morgan fingerprint density at radius 1 is 1.40 bits per heavy atom. The first kappa shape index (κ1) is 12.0. The van der Waals surface area contributed by atoms with Crippen molar-refractivity contribution in [1.82, 2.24) is 10.2 Å². The zero-order chi connectivity index (χ0) is 11.3. The van der Waals surface area contributed by atoms with Gasteiger partial charge in [-0.2, -0.15) is 0 Å². The minimum absolute atomic E-state index is 0.0701. The van der Waals surface area contributed by atoms with E-state index < -0.39 is 5.97 Å². The number of carbonyl (C=O) groups excluding carboxylic acids is 1. The SMILES string of the molecule is CCNCC(=O)N1CCC(C(=O)O)CC1. The molecule has 0 aromatic rings. The number of carboxylic acid groups (broad SMARTS) is 1. The fourth-order valence-corrected chi connectivity index (χ4v) is 1.72. The van der Waals surface area contributed by atoms with Gasteiger partial charge >= 0.3 is 5.97 Å². The molecule has 1 aliphatic heterocycles. The van der Waals surface area contributed by atoms with Crippen molar-refractivity contribution in [3.63, 3.8) is 0 Å². The average molecular weight is 214 g/mol. The van der Waals surface area contributed by atoms with Crippen molar-refractivity contribution in [3.8, 4) is 0 Å². The zero-order valence-corrected chi connectivity index (χ0v) is 9.03. The lowest BCUT2D eigenvalue weighted by atomic mass is 9.97. The molecule has 0 atom stereocenters. The number of hydrogen-bond donors (Lipinski definition) is 2. The van der Waals surface area contributed by atoms with Crippen molar-refractivity contribution in [2.45, 2.75) is 19.8 Å². The topological polar surface area (TPSA) is 69.6 Å². The van der Waals surface area contributed by atoms with Crippen LogP contribution in [0, 0.1) is 5.92 Å². The molecule has 0 aromatic heterocycles. The van der Waals surface area contributed by atoms with E-state index in [1.165, 1.54) is 0 Å². The van der Waals surface area contributed by atoms with E-state index in [2.05, 4.69) is 5.32 Å². The molecular weight excluding hydrogens is 196 g/mol. The van der Waals surface area contributed by atoms with Crippen molar-refractivity contribution < 1.29 is 14.7 Å². The van der Waals surface area contributed by atoms with Crippen LogP contribution in [0.5, 0.6) is 0 Å². The number of hydrogen-bond acceptors (Lipinski definition) is 3. The fraction of sp³-hybridized carbons (Fsp3) is 0.800. The summed E-state index contributed by atoms with van der Waals surface area (Å²) in [6, 6.07) is 0. The van der Waals surface area contributed by atoms with E-state index in [0.717, 1.165) is 6.54 Å². The van der Waals surface area contributed by atoms with Gasteiger partial charge in [0, 0.05) is 13.1 Å². The summed E-state index contributed by atoms with van der Waals surface area (Å²) in [5.74, 6) is -0.942. The van der Waals surface area contributed by atoms with Gasteiger partial charge in [0.05, 0.1) is 12.5 Å². The van der Waals surface area contributed by atoms with Crippen LogP contribution in [0.4, 0.5) is 0 Å². The summed E-state index contributed by atoms with van der Waals surface area (Å²) in [5.41, 5.74) is 0. The van der Waals surface area contributed by atoms with Gasteiger partial charge in [0.25, 0.3) is 0 Å². The van der Waals surface area contributed by atoms with Gasteiger partial charge in [0.1, 0.15) is 0 Å². The molecule has 1 fully saturated rings. The lowest BCUT2D eigenvalue weighted by Crippen LogP contribution is -2.44. The van der Waals surface area contributed by atoms with Gasteiger partial charge in [0.15, 0.2) is 0 Å². The number of nitrogens with one attached hydrogen (secondary N) is 1. The van der Waals surface area contributed by atoms with Crippen LogP contribution in [-0.4, -0.2) is 48.1 Å². The highest BCUT2D eigenvalue weighted by Gasteiger charge is 2.26. The molecule has 86 valence electrons. The monoisotopic (exact) mass is 214 g/mol. The smallest absolute Gasteiger partial charge is 0.306 e. The first-order chi connectivity index (χ1) is 7.15. The summed E-state index contributed by atoms with van der Waals surface area (Å²) in [6.07, 6.45) is 1.15. The van der Waals surface area contributed by atoms with Crippen LogP contribution >= 0.6 is 0 Å². The van der Waals surface area contributed by atoms with Gasteiger partial charge < -0.3 is 15.3 Å². The molecule has 5 nitrogen and oxygen atoms in total. The Balaban J connectivity index is 2.30. The predicted molar refractivity (Wildman–Crippen MR) is 55.5 cm³/mol. The second-order valence-corrected chi connectivity index (χ2v) is 3.77. The van der Waals surface area contributed by atoms with Crippen LogP contribution in [0.1, 0.15) is 19.8 Å². The van der Waals surface area contributed by atoms with Crippen LogP contribution in [0.2, 0.25) is 0 Å². The molecule has 1 rings (SSSR count). The van der Waals surface area contributed by atoms with Gasteiger partial charge in [-0.3, -0.25) is 9.59 Å². The lowest BCUT2D eigenvalue weighted by Gasteiger charge is -2.30. The van der Waals surface area contributed by atoms with Gasteiger partial charge in [-0.05, 0) is 19.4 Å². The van der Waals surface area contributed by atoms with Gasteiger partial charge in [0.2, 0.25) is 5.91 Å². The molecular formula is C10H18N2O3. The molecule has 15 heavy (non-hydrogen) atoms. The Hall–Kier alpha value is -1.10. The molecule has 0 saturated carbocycles. The normalized spacial score (nSPS) is 17.8. The van der Waals surface area contributed by atoms with Crippen molar-refractivity contribution in [3.05, 3.63) is 0 Å². The molecule has 0 spiro atoms. The first-order valence-electron chi connectivity index (χ1n) is 5.36. The summed E-state index contributed by atoms with van der Waals surface area (Å²) in [4.78, 5) is 24.0. The Kier molecular flexibility index (Phi) is 4.55. The molecule has 0 aliphatic carbocycles. The third kappa shape index (κ3) is 3.51. The largest absolute Gasteiger partial charge is 0.481 e. The minimum atomic E-state index is -0.742. The van der Waals surface area contributed by atoms with E-state index >= 15 is 0 Å². The molecule has 2 N–H and O–H groups in total. The van der Waals surface area contributed by atoms with Gasteiger partial charge in [-0.25, -0.2) is 0 Å². The number of carbonyl (C=O) groups is 2. The Morgan fingerprint density at radius 3 is 2.47 bits per heavy atom. The predicted octanol–water partition coefficient (Wildman–Crippen LogP) is -0.0809. The van der Waals surface area contributed by atoms with Crippen LogP contribution in [0.25, 0.3) is 0 Å². The second-order valence-electron chi connectivity index (χ2n) is 3.77. The Labute approximate surface area is 89.4 Å². The summed E-state index contributed by atoms with van der Waals surface area (Å²) in [6.45, 7) is 4.22. The highest BCUT2D eigenvalue weighted by Crippen LogP contribution is 2.16. The fourth-order valence-electron chi connectivity index (χ4n) is 1.72. The Bertz CT molecular complexity index is 235. The zero-order valence-electron chi connectivity index (χ0n) is 9.03. The number of piperidine rings is 1. The molecule has 0 unspecified atom stereocenters. The second kappa shape index (κ2) is 5.70. The highest BCUT2D eigenvalue weighted by molar-refractivity contribution is 5.78. The first-order valence-corrected chi connectivity index (χ1v) is 5.36. The number of likely N-dealkylation sites (tertiary alicyclic amines) is 1. The summed E-state index contributed by atoms with van der Waals surface area (Å²) in [5, 5.41) is 11.8. The van der Waals surface area contributed by atoms with E-state index in [1.54, 1.807) is 4.90 Å². The van der Waals surface area contributed by atoms with Crippen LogP contribution < -0.4 is 5.32 Å². The third-order valence-corrected chi connectivity index (χ3v) is 2.72. The van der Waals surface area contributed by atoms with Crippen LogP contribution in [0.3, 0.4) is 0 Å². The maximum atomic E-state index is 11.5. The molecule has 0 radical (unpaired) electrons. The van der Waals surface area contributed by atoms with E-state index in [-0.39, 0.29) is 11.8 Å². The third-order valence-electron chi connectivity index (χ3n) is 2.72. The molecule has 1 heterocycles. The van der Waals surface area contributed by atoms with Gasteiger partial charge in [-0.15, -0.1) is 0 Å². The maximum Gasteiger partial charge on any atom is 0.306 e. The van der Waals surface area contributed by atoms with Crippen molar-refractivity contribution in [2.75, 3.05) is 26.2 Å². The minimum Gasteiger partial charge on any atom is -0.481 e. The van der Waals surface area contributed by atoms with Crippen LogP contribution in [0.15, 0.2) is 0 Å². The van der Waals surface area contributed by atoms with E-state index in [9.17, 15) is 9.59 Å². The lowest BCUT2D eigenvalue weighted by molar-refractivity contribution is -0.145. The molecule has 1 amide bonds. The molecule has 0 bridgehead atoms. The van der Waals surface area contributed by atoms with Crippen molar-refractivity contribution in [2.24, 2.45) is 5.92 Å². The number of aliphatic carboxylic acids is 1. The highest BCUT2D eigenvalue weighted by atomic mass is 16.4. The standard InChI is InChI=1S/C10H18N2O3/c1-2-11-7-9(13)12-5-3-8(4-6-12)10(14)15/h8,11H,2-7H2,1H3,(H,14,15). The number of amides is 1. The summed E-state index contributed by atoms with van der Waals surface area (Å²) in [7, 11) is 0. The number of nitrogens with zero attached hydrogens (tertiary/aromatic N) is 1. The van der Waals surface area contributed by atoms with E-state index in [0.29, 0.717) is 32.5 Å². The van der Waals surface area contributed by atoms with Crippen molar-refractivity contribution in [1.29, 1.82) is 0 Å². The van der Waals surface area contributed by atoms with Gasteiger partial charge in [-0.1, -0.05) is 6.92 Å². The number of likely N-dealkylation sites (N-methyl/N-ethyl adjacent to an activating group) is 1. The maximum absolute atomic E-state index is 11.5. The quantitative estimate of drug-likeness (QED) is 0.686. The number of rotatable bonds is 4. The Morgan fingerprint density at radius 2 is 2.00 bits per heavy atom. The summed E-state index contributed by atoms with van der Waals surface area (Å²) < 4.78 is 0. The molecule has 5 heteroatoms. The molecule has 1 saturated heterocycles.